The van der Waals surface area contributed by atoms with Gasteiger partial charge < -0.3 is 15.3 Å². The van der Waals surface area contributed by atoms with Crippen LogP contribution in [-0.4, -0.2) is 58.8 Å². The van der Waals surface area contributed by atoms with E-state index in [0.717, 1.165) is 50.7 Å². The lowest BCUT2D eigenvalue weighted by Crippen LogP contribution is -2.37. The number of aromatic nitrogens is 2. The fourth-order valence-electron chi connectivity index (χ4n) is 4.26. The Kier molecular flexibility index (Phi) is 6.21. The van der Waals surface area contributed by atoms with Gasteiger partial charge in [0.2, 0.25) is 0 Å². The van der Waals surface area contributed by atoms with Crippen molar-refractivity contribution in [2.24, 2.45) is 5.92 Å². The minimum Gasteiger partial charge on any atom is -0.394 e. The second-order valence-corrected chi connectivity index (χ2v) is 8.67. The summed E-state index contributed by atoms with van der Waals surface area (Å²) in [4.78, 5) is 15.1. The molecule has 2 unspecified atom stereocenters. The van der Waals surface area contributed by atoms with Crippen molar-refractivity contribution in [3.05, 3.63) is 34.8 Å². The predicted molar refractivity (Wildman–Crippen MR) is 110 cm³/mol. The molecule has 0 amide bonds. The Morgan fingerprint density at radius 3 is 3.00 bits per heavy atom. The number of aliphatic hydroxyl groups is 1. The van der Waals surface area contributed by atoms with E-state index in [2.05, 4.69) is 42.6 Å². The van der Waals surface area contributed by atoms with E-state index >= 15 is 0 Å². The van der Waals surface area contributed by atoms with Crippen LogP contribution in [0.15, 0.2) is 29.9 Å². The van der Waals surface area contributed by atoms with E-state index in [9.17, 15) is 5.11 Å². The lowest BCUT2D eigenvalue weighted by molar-refractivity contribution is 0.174. The fourth-order valence-corrected chi connectivity index (χ4v) is 5.01. The second kappa shape index (κ2) is 8.99. The molecule has 2 atom stereocenters. The van der Waals surface area contributed by atoms with E-state index in [1.165, 1.54) is 24.3 Å². The van der Waals surface area contributed by atoms with Crippen LogP contribution in [-0.2, 0) is 6.54 Å². The first-order chi connectivity index (χ1) is 13.3. The number of anilines is 2. The average Bonchev–Trinajstić information content (AvgIpc) is 3.38. The van der Waals surface area contributed by atoms with Gasteiger partial charge in [0.25, 0.3) is 0 Å². The molecule has 2 aromatic rings. The van der Waals surface area contributed by atoms with Gasteiger partial charge in [-0.05, 0) is 49.6 Å². The first-order valence-corrected chi connectivity index (χ1v) is 10.9. The summed E-state index contributed by atoms with van der Waals surface area (Å²) in [5, 5.41) is 15.2. The molecule has 0 bridgehead atoms. The molecule has 0 spiro atoms. The van der Waals surface area contributed by atoms with Gasteiger partial charge in [0.15, 0.2) is 0 Å². The third kappa shape index (κ3) is 4.78. The van der Waals surface area contributed by atoms with Gasteiger partial charge in [-0.2, -0.15) is 0 Å². The van der Waals surface area contributed by atoms with Gasteiger partial charge in [-0.25, -0.2) is 9.97 Å². The summed E-state index contributed by atoms with van der Waals surface area (Å²) < 4.78 is 0. The van der Waals surface area contributed by atoms with Crippen molar-refractivity contribution in [2.45, 2.75) is 38.3 Å². The highest BCUT2D eigenvalue weighted by molar-refractivity contribution is 7.09. The standard InChI is InChI=1S/C20H29N5OS/c26-14-17-5-2-8-25(17)20-10-19(22-15-23-20)21-11-16-4-1-7-24(12-16)13-18-6-3-9-27-18/h3,6,9-10,15-17,26H,1-2,4-5,7-8,11-14H2,(H,21,22,23). The third-order valence-corrected chi connectivity index (χ3v) is 6.53. The molecule has 4 rings (SSSR count). The van der Waals surface area contributed by atoms with Crippen molar-refractivity contribution in [1.82, 2.24) is 14.9 Å². The molecule has 2 aromatic heterocycles. The summed E-state index contributed by atoms with van der Waals surface area (Å²) in [6, 6.07) is 6.58. The minimum atomic E-state index is 0.189. The molecule has 2 aliphatic rings. The van der Waals surface area contributed by atoms with Gasteiger partial charge >= 0.3 is 0 Å². The molecule has 0 aliphatic carbocycles. The zero-order valence-electron chi connectivity index (χ0n) is 15.8. The van der Waals surface area contributed by atoms with Crippen molar-refractivity contribution in [3.8, 4) is 0 Å². The Morgan fingerprint density at radius 1 is 1.22 bits per heavy atom. The number of aliphatic hydroxyl groups excluding tert-OH is 1. The van der Waals surface area contributed by atoms with Crippen LogP contribution < -0.4 is 10.2 Å². The zero-order valence-corrected chi connectivity index (χ0v) is 16.6. The molecule has 27 heavy (non-hydrogen) atoms. The highest BCUT2D eigenvalue weighted by Gasteiger charge is 2.25. The molecule has 2 fully saturated rings. The lowest BCUT2D eigenvalue weighted by atomic mass is 9.98. The number of hydrogen-bond donors (Lipinski definition) is 2. The van der Waals surface area contributed by atoms with Crippen LogP contribution in [0, 0.1) is 5.92 Å². The van der Waals surface area contributed by atoms with E-state index in [-0.39, 0.29) is 12.6 Å². The monoisotopic (exact) mass is 387 g/mol. The summed E-state index contributed by atoms with van der Waals surface area (Å²) >= 11 is 1.85. The molecule has 7 heteroatoms. The van der Waals surface area contributed by atoms with Crippen LogP contribution in [0.3, 0.4) is 0 Å². The summed E-state index contributed by atoms with van der Waals surface area (Å²) in [5.74, 6) is 2.46. The Labute approximate surface area is 165 Å². The number of hydrogen-bond acceptors (Lipinski definition) is 7. The van der Waals surface area contributed by atoms with Crippen LogP contribution in [0.2, 0.25) is 0 Å². The lowest BCUT2D eigenvalue weighted by Gasteiger charge is -2.32. The first-order valence-electron chi connectivity index (χ1n) is 10.00. The van der Waals surface area contributed by atoms with Crippen LogP contribution in [0.25, 0.3) is 0 Å². The maximum atomic E-state index is 9.55. The van der Waals surface area contributed by atoms with Crippen molar-refractivity contribution < 1.29 is 5.11 Å². The highest BCUT2D eigenvalue weighted by Crippen LogP contribution is 2.25. The molecular formula is C20H29N5OS. The summed E-state index contributed by atoms with van der Waals surface area (Å²) in [7, 11) is 0. The number of rotatable bonds is 7. The SMILES string of the molecule is OCC1CCCN1c1cc(NCC2CCCN(Cc3cccs3)C2)ncn1. The fraction of sp³-hybridized carbons (Fsp3) is 0.600. The molecule has 0 aromatic carbocycles. The van der Waals surface area contributed by atoms with E-state index in [1.54, 1.807) is 6.33 Å². The smallest absolute Gasteiger partial charge is 0.134 e. The number of nitrogens with one attached hydrogen (secondary N) is 1. The molecular weight excluding hydrogens is 358 g/mol. The number of thiophene rings is 1. The summed E-state index contributed by atoms with van der Waals surface area (Å²) in [6.07, 6.45) is 6.31. The first kappa shape index (κ1) is 18.7. The van der Waals surface area contributed by atoms with Crippen molar-refractivity contribution >= 4 is 23.0 Å². The zero-order chi connectivity index (χ0) is 18.5. The van der Waals surface area contributed by atoms with E-state index in [4.69, 9.17) is 0 Å². The molecule has 0 radical (unpaired) electrons. The second-order valence-electron chi connectivity index (χ2n) is 7.64. The van der Waals surface area contributed by atoms with Gasteiger partial charge in [0.1, 0.15) is 18.0 Å². The Bertz CT molecular complexity index is 710. The molecule has 2 aliphatic heterocycles. The van der Waals surface area contributed by atoms with E-state index in [0.29, 0.717) is 5.92 Å². The van der Waals surface area contributed by atoms with Crippen molar-refractivity contribution in [1.29, 1.82) is 0 Å². The van der Waals surface area contributed by atoms with Crippen LogP contribution in [0.4, 0.5) is 11.6 Å². The highest BCUT2D eigenvalue weighted by atomic mass is 32.1. The summed E-state index contributed by atoms with van der Waals surface area (Å²) in [6.45, 7) is 5.51. The maximum Gasteiger partial charge on any atom is 0.134 e. The molecule has 2 saturated heterocycles. The topological polar surface area (TPSA) is 64.5 Å². The molecule has 6 nitrogen and oxygen atoms in total. The number of nitrogens with zero attached hydrogens (tertiary/aromatic N) is 4. The van der Waals surface area contributed by atoms with Gasteiger partial charge in [-0.1, -0.05) is 6.07 Å². The third-order valence-electron chi connectivity index (χ3n) is 5.67. The quantitative estimate of drug-likeness (QED) is 0.762. The van der Waals surface area contributed by atoms with Crippen LogP contribution in [0.1, 0.15) is 30.6 Å². The van der Waals surface area contributed by atoms with Gasteiger partial charge in [0.05, 0.1) is 12.6 Å². The van der Waals surface area contributed by atoms with Crippen molar-refractivity contribution in [2.75, 3.05) is 43.0 Å². The van der Waals surface area contributed by atoms with Crippen LogP contribution >= 0.6 is 11.3 Å². The maximum absolute atomic E-state index is 9.55. The Morgan fingerprint density at radius 2 is 2.15 bits per heavy atom. The molecule has 4 heterocycles. The largest absolute Gasteiger partial charge is 0.394 e. The van der Waals surface area contributed by atoms with Crippen LogP contribution in [0.5, 0.6) is 0 Å². The minimum absolute atomic E-state index is 0.189. The Balaban J connectivity index is 1.31. The normalized spacial score (nSPS) is 23.7. The van der Waals surface area contributed by atoms with Gasteiger partial charge in [-0.15, -0.1) is 11.3 Å². The predicted octanol–water partition coefficient (Wildman–Crippen LogP) is 2.82. The molecule has 0 saturated carbocycles. The van der Waals surface area contributed by atoms with Crippen molar-refractivity contribution in [3.63, 3.8) is 0 Å². The number of piperidine rings is 1. The van der Waals surface area contributed by atoms with Gasteiger partial charge in [-0.3, -0.25) is 4.90 Å². The molecule has 146 valence electrons. The summed E-state index contributed by atoms with van der Waals surface area (Å²) in [5.41, 5.74) is 0. The Hall–Kier alpha value is -1.70. The van der Waals surface area contributed by atoms with E-state index < -0.39 is 0 Å². The number of likely N-dealkylation sites (tertiary alicyclic amines) is 1. The van der Waals surface area contributed by atoms with E-state index in [1.807, 2.05) is 17.4 Å². The molecule has 2 N–H and O–H groups in total. The van der Waals surface area contributed by atoms with Gasteiger partial charge in [0, 0.05) is 37.1 Å². The average molecular weight is 388 g/mol.